The highest BCUT2D eigenvalue weighted by atomic mass is 16.5. The number of hydrogen-bond acceptors (Lipinski definition) is 4. The minimum absolute atomic E-state index is 0.00698. The first-order valence-electron chi connectivity index (χ1n) is 7.84. The number of ether oxygens (including phenoxy) is 2. The van der Waals surface area contributed by atoms with Crippen molar-refractivity contribution in [3.8, 4) is 5.75 Å². The Morgan fingerprint density at radius 1 is 1.17 bits per heavy atom. The highest BCUT2D eigenvalue weighted by Gasteiger charge is 2.29. The number of nitrogens with one attached hydrogen (secondary N) is 1. The molecule has 0 radical (unpaired) electrons. The summed E-state index contributed by atoms with van der Waals surface area (Å²) in [5.74, 6) is 0.386. The fraction of sp³-hybridized carbons (Fsp3) is 0.529. The molecular weight excluding hydrogens is 296 g/mol. The topological polar surface area (TPSA) is 67.9 Å². The molecule has 0 unspecified atom stereocenters. The van der Waals surface area contributed by atoms with Crippen LogP contribution in [0.2, 0.25) is 0 Å². The van der Waals surface area contributed by atoms with Crippen LogP contribution in [0, 0.1) is 5.92 Å². The van der Waals surface area contributed by atoms with Crippen molar-refractivity contribution in [3.05, 3.63) is 29.8 Å². The van der Waals surface area contributed by atoms with Gasteiger partial charge in [0.25, 0.3) is 5.91 Å². The lowest BCUT2D eigenvalue weighted by Crippen LogP contribution is -2.53. The van der Waals surface area contributed by atoms with Gasteiger partial charge in [0.1, 0.15) is 11.8 Å². The van der Waals surface area contributed by atoms with Gasteiger partial charge in [-0.05, 0) is 30.2 Å². The fourth-order valence-corrected chi connectivity index (χ4v) is 2.46. The summed E-state index contributed by atoms with van der Waals surface area (Å²) in [6, 6.07) is 6.28. The van der Waals surface area contributed by atoms with E-state index >= 15 is 0 Å². The third-order valence-electron chi connectivity index (χ3n) is 3.89. The number of rotatable bonds is 5. The number of nitrogens with zero attached hydrogens (tertiary/aromatic N) is 1. The second-order valence-corrected chi connectivity index (χ2v) is 5.86. The first-order chi connectivity index (χ1) is 11.0. The van der Waals surface area contributed by atoms with Crippen molar-refractivity contribution in [3.63, 3.8) is 0 Å². The van der Waals surface area contributed by atoms with Crippen LogP contribution in [0.4, 0.5) is 0 Å². The van der Waals surface area contributed by atoms with E-state index in [1.165, 1.54) is 0 Å². The van der Waals surface area contributed by atoms with Gasteiger partial charge in [0.05, 0.1) is 20.3 Å². The number of amides is 2. The van der Waals surface area contributed by atoms with Crippen LogP contribution in [0.3, 0.4) is 0 Å². The Kier molecular flexibility index (Phi) is 5.98. The Bertz CT molecular complexity index is 536. The van der Waals surface area contributed by atoms with Gasteiger partial charge >= 0.3 is 0 Å². The number of carbonyl (C=O) groups excluding carboxylic acids is 2. The standard InChI is InChI=1S/C17H24N2O4/c1-12(2)15(17(21)19-8-10-23-11-9-19)18-16(20)13-4-6-14(22-3)7-5-13/h4-7,12,15H,8-11H2,1-3H3,(H,18,20)/t15-/m1/s1. The molecule has 1 fully saturated rings. The molecule has 1 aromatic rings. The Labute approximate surface area is 136 Å². The molecular formula is C17H24N2O4. The molecule has 6 nitrogen and oxygen atoms in total. The molecule has 126 valence electrons. The van der Waals surface area contributed by atoms with E-state index in [2.05, 4.69) is 5.32 Å². The largest absolute Gasteiger partial charge is 0.497 e. The van der Waals surface area contributed by atoms with Gasteiger partial charge in [-0.3, -0.25) is 9.59 Å². The van der Waals surface area contributed by atoms with Crippen molar-refractivity contribution in [1.29, 1.82) is 0 Å². The minimum atomic E-state index is -0.539. The summed E-state index contributed by atoms with van der Waals surface area (Å²) >= 11 is 0. The molecule has 1 aliphatic heterocycles. The zero-order valence-electron chi connectivity index (χ0n) is 13.9. The Balaban J connectivity index is 2.05. The molecule has 2 amide bonds. The van der Waals surface area contributed by atoms with E-state index in [-0.39, 0.29) is 17.7 Å². The molecule has 1 atom stereocenters. The molecule has 1 saturated heterocycles. The van der Waals surface area contributed by atoms with Crippen LogP contribution in [0.15, 0.2) is 24.3 Å². The Hall–Kier alpha value is -2.08. The van der Waals surface area contributed by atoms with Crippen LogP contribution in [0.5, 0.6) is 5.75 Å². The molecule has 0 saturated carbocycles. The summed E-state index contributed by atoms with van der Waals surface area (Å²) in [5.41, 5.74) is 0.506. The van der Waals surface area contributed by atoms with E-state index in [1.54, 1.807) is 36.3 Å². The third-order valence-corrected chi connectivity index (χ3v) is 3.89. The van der Waals surface area contributed by atoms with E-state index in [9.17, 15) is 9.59 Å². The van der Waals surface area contributed by atoms with Gasteiger partial charge in [-0.25, -0.2) is 0 Å². The van der Waals surface area contributed by atoms with Crippen molar-refractivity contribution >= 4 is 11.8 Å². The summed E-state index contributed by atoms with van der Waals surface area (Å²) in [4.78, 5) is 26.8. The highest BCUT2D eigenvalue weighted by Crippen LogP contribution is 2.13. The summed E-state index contributed by atoms with van der Waals surface area (Å²) < 4.78 is 10.4. The smallest absolute Gasteiger partial charge is 0.251 e. The number of methoxy groups -OCH3 is 1. The second kappa shape index (κ2) is 7.97. The predicted molar refractivity (Wildman–Crippen MR) is 86.5 cm³/mol. The van der Waals surface area contributed by atoms with Crippen molar-refractivity contribution in [2.45, 2.75) is 19.9 Å². The molecule has 2 rings (SSSR count). The van der Waals surface area contributed by atoms with Gasteiger partial charge < -0.3 is 19.7 Å². The first kappa shape index (κ1) is 17.3. The van der Waals surface area contributed by atoms with Crippen LogP contribution < -0.4 is 10.1 Å². The van der Waals surface area contributed by atoms with Gasteiger partial charge in [-0.1, -0.05) is 13.8 Å². The fourth-order valence-electron chi connectivity index (χ4n) is 2.46. The molecule has 1 aromatic carbocycles. The summed E-state index contributed by atoms with van der Waals surface area (Å²) in [5, 5.41) is 2.86. The van der Waals surface area contributed by atoms with Crippen molar-refractivity contribution < 1.29 is 19.1 Å². The Morgan fingerprint density at radius 2 is 1.78 bits per heavy atom. The second-order valence-electron chi connectivity index (χ2n) is 5.86. The van der Waals surface area contributed by atoms with E-state index in [0.717, 1.165) is 0 Å². The molecule has 1 N–H and O–H groups in total. The number of hydrogen-bond donors (Lipinski definition) is 1. The van der Waals surface area contributed by atoms with Gasteiger partial charge in [-0.2, -0.15) is 0 Å². The molecule has 1 aliphatic rings. The molecule has 0 aliphatic carbocycles. The van der Waals surface area contributed by atoms with E-state index in [1.807, 2.05) is 13.8 Å². The van der Waals surface area contributed by atoms with E-state index in [4.69, 9.17) is 9.47 Å². The summed E-state index contributed by atoms with van der Waals surface area (Å²) in [6.07, 6.45) is 0. The number of morpholine rings is 1. The summed E-state index contributed by atoms with van der Waals surface area (Å²) in [6.45, 7) is 6.08. The SMILES string of the molecule is COc1ccc(C(=O)N[C@@H](C(=O)N2CCOCC2)C(C)C)cc1. The van der Waals surface area contributed by atoms with Gasteiger partial charge in [0.2, 0.25) is 5.91 Å². The lowest BCUT2D eigenvalue weighted by atomic mass is 10.0. The molecule has 23 heavy (non-hydrogen) atoms. The zero-order chi connectivity index (χ0) is 16.8. The maximum Gasteiger partial charge on any atom is 0.251 e. The Morgan fingerprint density at radius 3 is 2.30 bits per heavy atom. The van der Waals surface area contributed by atoms with Crippen LogP contribution in [0.25, 0.3) is 0 Å². The normalized spacial score (nSPS) is 16.1. The lowest BCUT2D eigenvalue weighted by molar-refractivity contribution is -0.138. The number of benzene rings is 1. The van der Waals surface area contributed by atoms with Gasteiger partial charge in [0, 0.05) is 18.7 Å². The molecule has 0 spiro atoms. The average Bonchev–Trinajstić information content (AvgIpc) is 2.59. The maximum absolute atomic E-state index is 12.6. The first-order valence-corrected chi connectivity index (χ1v) is 7.84. The predicted octanol–water partition coefficient (Wildman–Crippen LogP) is 1.31. The molecule has 0 aromatic heterocycles. The molecule has 0 bridgehead atoms. The number of carbonyl (C=O) groups is 2. The minimum Gasteiger partial charge on any atom is -0.497 e. The monoisotopic (exact) mass is 320 g/mol. The molecule has 1 heterocycles. The van der Waals surface area contributed by atoms with Crippen LogP contribution >= 0.6 is 0 Å². The summed E-state index contributed by atoms with van der Waals surface area (Å²) in [7, 11) is 1.57. The van der Waals surface area contributed by atoms with Crippen molar-refractivity contribution in [2.24, 2.45) is 5.92 Å². The van der Waals surface area contributed by atoms with Crippen molar-refractivity contribution in [1.82, 2.24) is 10.2 Å². The van der Waals surface area contributed by atoms with E-state index < -0.39 is 6.04 Å². The van der Waals surface area contributed by atoms with Crippen LogP contribution in [-0.2, 0) is 9.53 Å². The van der Waals surface area contributed by atoms with Gasteiger partial charge in [0.15, 0.2) is 0 Å². The maximum atomic E-state index is 12.6. The average molecular weight is 320 g/mol. The van der Waals surface area contributed by atoms with Crippen LogP contribution in [0.1, 0.15) is 24.2 Å². The van der Waals surface area contributed by atoms with Gasteiger partial charge in [-0.15, -0.1) is 0 Å². The van der Waals surface area contributed by atoms with Crippen molar-refractivity contribution in [2.75, 3.05) is 33.4 Å². The van der Waals surface area contributed by atoms with E-state index in [0.29, 0.717) is 37.6 Å². The lowest BCUT2D eigenvalue weighted by Gasteiger charge is -2.32. The highest BCUT2D eigenvalue weighted by molar-refractivity contribution is 5.97. The zero-order valence-corrected chi connectivity index (χ0v) is 13.9. The molecule has 6 heteroatoms. The third kappa shape index (κ3) is 4.45. The quantitative estimate of drug-likeness (QED) is 0.888. The van der Waals surface area contributed by atoms with Crippen LogP contribution in [-0.4, -0.2) is 56.2 Å².